The number of nitrogens with one attached hydrogen (secondary N) is 1. The molecule has 0 unspecified atom stereocenters. The van der Waals surface area contributed by atoms with Crippen LogP contribution in [0.1, 0.15) is 37.5 Å². The van der Waals surface area contributed by atoms with Crippen molar-refractivity contribution in [2.45, 2.75) is 38.0 Å². The van der Waals surface area contributed by atoms with Crippen molar-refractivity contribution >= 4 is 35.3 Å². The zero-order valence-electron chi connectivity index (χ0n) is 13.5. The van der Waals surface area contributed by atoms with Gasteiger partial charge in [0.1, 0.15) is 0 Å². The minimum absolute atomic E-state index is 0.183. The first-order chi connectivity index (χ1) is 10.3. The molecule has 0 saturated heterocycles. The number of halogens is 1. The van der Waals surface area contributed by atoms with E-state index in [1.807, 2.05) is 12.1 Å². The molecule has 0 spiro atoms. The highest BCUT2D eigenvalue weighted by Gasteiger charge is 2.13. The predicted molar refractivity (Wildman–Crippen MR) is 101 cm³/mol. The first-order valence-electron chi connectivity index (χ1n) is 7.28. The molecule has 0 radical (unpaired) electrons. The summed E-state index contributed by atoms with van der Waals surface area (Å²) in [5, 5.41) is 0.734. The van der Waals surface area contributed by atoms with Gasteiger partial charge < -0.3 is 4.72 Å². The number of rotatable bonds is 4. The average molecular weight is 332 g/mol. The van der Waals surface area contributed by atoms with Gasteiger partial charge in [0.05, 0.1) is 0 Å². The molecular weight excluding hydrogens is 310 g/mol. The van der Waals surface area contributed by atoms with E-state index in [-0.39, 0.29) is 5.41 Å². The molecule has 1 nitrogen and oxygen atoms in total. The Morgan fingerprint density at radius 2 is 1.73 bits per heavy atom. The Balaban J connectivity index is 2.12. The van der Waals surface area contributed by atoms with Gasteiger partial charge in [-0.2, -0.15) is 0 Å². The molecule has 1 N–H and O–H groups in total. The summed E-state index contributed by atoms with van der Waals surface area (Å²) in [6.07, 6.45) is 1.80. The summed E-state index contributed by atoms with van der Waals surface area (Å²) in [4.78, 5) is 1.18. The Morgan fingerprint density at radius 1 is 1.09 bits per heavy atom. The van der Waals surface area contributed by atoms with Crippen molar-refractivity contribution in [3.63, 3.8) is 0 Å². The van der Waals surface area contributed by atoms with Crippen LogP contribution in [-0.4, -0.2) is 0 Å². The van der Waals surface area contributed by atoms with Crippen molar-refractivity contribution < 1.29 is 0 Å². The fraction of sp³-hybridized carbons (Fsp3) is 0.263. The van der Waals surface area contributed by atoms with Gasteiger partial charge in [0.15, 0.2) is 0 Å². The number of hydrogen-bond donors (Lipinski definition) is 1. The molecule has 0 aromatic heterocycles. The van der Waals surface area contributed by atoms with Crippen LogP contribution in [0.25, 0.3) is 6.08 Å². The molecule has 22 heavy (non-hydrogen) atoms. The minimum Gasteiger partial charge on any atom is -0.325 e. The van der Waals surface area contributed by atoms with Crippen molar-refractivity contribution in [1.29, 1.82) is 0 Å². The van der Waals surface area contributed by atoms with E-state index in [1.165, 1.54) is 10.5 Å². The van der Waals surface area contributed by atoms with Crippen LogP contribution in [0.5, 0.6) is 0 Å². The first-order valence-corrected chi connectivity index (χ1v) is 8.47. The maximum atomic E-state index is 6.17. The SMILES string of the molecule is C=Cc1c(Cl)ccc(NSc2ccc(C(C)(C)C)cc2)c1C. The van der Waals surface area contributed by atoms with Crippen molar-refractivity contribution in [3.05, 3.63) is 64.7 Å². The van der Waals surface area contributed by atoms with Crippen LogP contribution in [0.4, 0.5) is 5.69 Å². The van der Waals surface area contributed by atoms with Crippen LogP contribution < -0.4 is 4.72 Å². The lowest BCUT2D eigenvalue weighted by Gasteiger charge is -2.19. The van der Waals surface area contributed by atoms with E-state index >= 15 is 0 Å². The third-order valence-corrected chi connectivity index (χ3v) is 4.82. The summed E-state index contributed by atoms with van der Waals surface area (Å²) < 4.78 is 3.40. The number of hydrogen-bond acceptors (Lipinski definition) is 2. The van der Waals surface area contributed by atoms with Crippen LogP contribution in [-0.2, 0) is 5.41 Å². The van der Waals surface area contributed by atoms with Crippen molar-refractivity contribution in [2.75, 3.05) is 4.72 Å². The fourth-order valence-electron chi connectivity index (χ4n) is 2.19. The molecule has 0 bridgehead atoms. The highest BCUT2D eigenvalue weighted by atomic mass is 35.5. The topological polar surface area (TPSA) is 12.0 Å². The molecule has 2 aromatic rings. The standard InChI is InChI=1S/C19H22ClNS/c1-6-16-13(2)18(12-11-17(16)20)21-22-15-9-7-14(8-10-15)19(3,4)5/h6-12,21H,1H2,2-5H3. The largest absolute Gasteiger partial charge is 0.325 e. The lowest BCUT2D eigenvalue weighted by atomic mass is 9.87. The summed E-state index contributed by atoms with van der Waals surface area (Å²) in [6.45, 7) is 12.5. The lowest BCUT2D eigenvalue weighted by molar-refractivity contribution is 0.590. The highest BCUT2D eigenvalue weighted by molar-refractivity contribution is 8.00. The Bertz CT molecular complexity index is 669. The molecule has 0 saturated carbocycles. The van der Waals surface area contributed by atoms with Gasteiger partial charge in [0.25, 0.3) is 0 Å². The average Bonchev–Trinajstić information content (AvgIpc) is 2.46. The number of anilines is 1. The van der Waals surface area contributed by atoms with Gasteiger partial charge in [0, 0.05) is 15.6 Å². The van der Waals surface area contributed by atoms with Crippen LogP contribution in [0.3, 0.4) is 0 Å². The summed E-state index contributed by atoms with van der Waals surface area (Å²) in [6, 6.07) is 12.6. The fourth-order valence-corrected chi connectivity index (χ4v) is 3.20. The highest BCUT2D eigenvalue weighted by Crippen LogP contribution is 2.31. The summed E-state index contributed by atoms with van der Waals surface area (Å²) in [5.41, 5.74) is 4.68. The monoisotopic (exact) mass is 331 g/mol. The maximum Gasteiger partial charge on any atom is 0.0482 e. The van der Waals surface area contributed by atoms with Crippen LogP contribution in [0, 0.1) is 6.92 Å². The number of benzene rings is 2. The molecule has 0 atom stereocenters. The first kappa shape index (κ1) is 17.0. The van der Waals surface area contributed by atoms with Gasteiger partial charge in [-0.05, 0) is 65.2 Å². The Labute approximate surface area is 142 Å². The zero-order valence-corrected chi connectivity index (χ0v) is 15.1. The molecule has 0 aliphatic rings. The Hall–Kier alpha value is -1.38. The van der Waals surface area contributed by atoms with Crippen molar-refractivity contribution in [3.8, 4) is 0 Å². The molecule has 3 heteroatoms. The molecule has 2 rings (SSSR count). The summed E-state index contributed by atoms with van der Waals surface area (Å²) in [5.74, 6) is 0. The lowest BCUT2D eigenvalue weighted by Crippen LogP contribution is -2.10. The molecular formula is C19H22ClNS. The van der Waals surface area contributed by atoms with E-state index in [4.69, 9.17) is 11.6 Å². The second kappa shape index (κ2) is 6.80. The molecule has 0 fully saturated rings. The maximum absolute atomic E-state index is 6.17. The Kier molecular flexibility index (Phi) is 5.25. The van der Waals surface area contributed by atoms with Gasteiger partial charge in [0.2, 0.25) is 0 Å². The van der Waals surface area contributed by atoms with Crippen LogP contribution >= 0.6 is 23.5 Å². The van der Waals surface area contributed by atoms with Gasteiger partial charge in [-0.25, -0.2) is 0 Å². The van der Waals surface area contributed by atoms with E-state index in [9.17, 15) is 0 Å². The van der Waals surface area contributed by atoms with E-state index in [0.717, 1.165) is 21.8 Å². The molecule has 0 aliphatic heterocycles. The zero-order chi connectivity index (χ0) is 16.3. The van der Waals surface area contributed by atoms with Crippen LogP contribution in [0.15, 0.2) is 47.9 Å². The Morgan fingerprint density at radius 3 is 2.27 bits per heavy atom. The van der Waals surface area contributed by atoms with Gasteiger partial charge in [-0.1, -0.05) is 57.2 Å². The van der Waals surface area contributed by atoms with E-state index in [1.54, 1.807) is 18.0 Å². The van der Waals surface area contributed by atoms with E-state index < -0.39 is 0 Å². The van der Waals surface area contributed by atoms with Crippen molar-refractivity contribution in [2.24, 2.45) is 0 Å². The predicted octanol–water partition coefficient (Wildman–Crippen LogP) is 6.71. The van der Waals surface area contributed by atoms with Gasteiger partial charge in [-0.15, -0.1) is 0 Å². The quantitative estimate of drug-likeness (QED) is 0.625. The molecule has 0 heterocycles. The van der Waals surface area contributed by atoms with E-state index in [0.29, 0.717) is 0 Å². The third kappa shape index (κ3) is 3.88. The third-order valence-electron chi connectivity index (χ3n) is 3.66. The van der Waals surface area contributed by atoms with Crippen LogP contribution in [0.2, 0.25) is 5.02 Å². The second-order valence-electron chi connectivity index (χ2n) is 6.32. The summed E-state index contributed by atoms with van der Waals surface area (Å²) in [7, 11) is 0. The van der Waals surface area contributed by atoms with Gasteiger partial charge >= 0.3 is 0 Å². The molecule has 0 amide bonds. The normalized spacial score (nSPS) is 11.3. The minimum atomic E-state index is 0.183. The van der Waals surface area contributed by atoms with E-state index in [2.05, 4.69) is 63.3 Å². The molecule has 2 aromatic carbocycles. The van der Waals surface area contributed by atoms with Crippen molar-refractivity contribution in [1.82, 2.24) is 0 Å². The second-order valence-corrected chi connectivity index (χ2v) is 7.60. The van der Waals surface area contributed by atoms with Gasteiger partial charge in [-0.3, -0.25) is 0 Å². The molecule has 116 valence electrons. The molecule has 0 aliphatic carbocycles. The smallest absolute Gasteiger partial charge is 0.0482 e. The summed E-state index contributed by atoms with van der Waals surface area (Å²) >= 11 is 7.78.